The lowest BCUT2D eigenvalue weighted by molar-refractivity contribution is -0.140. The number of hydrogen-bond donors (Lipinski definition) is 1. The van der Waals surface area contributed by atoms with E-state index in [1.54, 1.807) is 13.8 Å². The van der Waals surface area contributed by atoms with E-state index >= 15 is 0 Å². The van der Waals surface area contributed by atoms with Crippen LogP contribution < -0.4 is 14.8 Å². The van der Waals surface area contributed by atoms with E-state index in [0.29, 0.717) is 30.3 Å². The fourth-order valence-corrected chi connectivity index (χ4v) is 2.24. The Morgan fingerprint density at radius 2 is 1.67 bits per heavy atom. The molecule has 1 atom stereocenters. The van der Waals surface area contributed by atoms with E-state index in [0.717, 1.165) is 0 Å². The first-order valence-electron chi connectivity index (χ1n) is 6.65. The third-order valence-electron chi connectivity index (χ3n) is 2.82. The van der Waals surface area contributed by atoms with Crippen LogP contribution in [-0.4, -0.2) is 26.4 Å². The second kappa shape index (κ2) is 7.75. The van der Waals surface area contributed by atoms with Crippen LogP contribution >= 0.6 is 11.6 Å². The highest BCUT2D eigenvalue weighted by atomic mass is 35.5. The Hall–Kier alpha value is -1.14. The van der Waals surface area contributed by atoms with E-state index in [1.807, 2.05) is 0 Å². The van der Waals surface area contributed by atoms with Gasteiger partial charge in [-0.1, -0.05) is 11.6 Å². The molecule has 1 aromatic carbocycles. The first kappa shape index (κ1) is 17.9. The van der Waals surface area contributed by atoms with Gasteiger partial charge in [0.15, 0.2) is 11.5 Å². The quantitative estimate of drug-likeness (QED) is 0.808. The Balaban J connectivity index is 3.18. The van der Waals surface area contributed by atoms with Crippen LogP contribution in [0.5, 0.6) is 11.5 Å². The predicted octanol–water partition coefficient (Wildman–Crippen LogP) is 4.35. The fraction of sp³-hybridized carbons (Fsp3) is 0.571. The molecule has 0 heterocycles. The minimum atomic E-state index is -4.29. The first-order chi connectivity index (χ1) is 9.82. The zero-order valence-corrected chi connectivity index (χ0v) is 12.9. The smallest absolute Gasteiger partial charge is 0.390 e. The van der Waals surface area contributed by atoms with Gasteiger partial charge in [-0.05, 0) is 32.5 Å². The number of nitrogens with one attached hydrogen (secondary N) is 1. The van der Waals surface area contributed by atoms with Crippen LogP contribution in [0.15, 0.2) is 12.1 Å². The van der Waals surface area contributed by atoms with Crippen LogP contribution in [0.25, 0.3) is 0 Å². The number of halogens is 4. The van der Waals surface area contributed by atoms with Crippen LogP contribution in [0.3, 0.4) is 0 Å². The van der Waals surface area contributed by atoms with E-state index in [-0.39, 0.29) is 5.02 Å². The van der Waals surface area contributed by atoms with E-state index in [4.69, 9.17) is 21.1 Å². The van der Waals surface area contributed by atoms with Crippen molar-refractivity contribution in [1.82, 2.24) is 5.32 Å². The largest absolute Gasteiger partial charge is 0.490 e. The summed E-state index contributed by atoms with van der Waals surface area (Å²) in [6.07, 6.45) is -5.30. The van der Waals surface area contributed by atoms with Crippen molar-refractivity contribution in [3.8, 4) is 11.5 Å². The molecule has 0 fully saturated rings. The molecule has 0 amide bonds. The monoisotopic (exact) mass is 325 g/mol. The summed E-state index contributed by atoms with van der Waals surface area (Å²) in [6.45, 7) is 4.38. The lowest BCUT2D eigenvalue weighted by atomic mass is 10.0. The molecule has 1 unspecified atom stereocenters. The standard InChI is InChI=1S/C14H19ClF3NO2/c1-4-20-12-6-9(10(15)7-13(12)21-5-2)11(19-3)8-14(16,17)18/h6-7,11,19H,4-5,8H2,1-3H3. The van der Waals surface area contributed by atoms with Crippen molar-refractivity contribution in [2.75, 3.05) is 20.3 Å². The molecule has 0 bridgehead atoms. The first-order valence-corrected chi connectivity index (χ1v) is 7.03. The lowest BCUT2D eigenvalue weighted by Gasteiger charge is -2.21. The van der Waals surface area contributed by atoms with Crippen molar-refractivity contribution in [3.05, 3.63) is 22.7 Å². The molecule has 0 aromatic heterocycles. The second-order valence-electron chi connectivity index (χ2n) is 4.35. The van der Waals surface area contributed by atoms with Gasteiger partial charge in [0.25, 0.3) is 0 Å². The molecule has 1 N–H and O–H groups in total. The van der Waals surface area contributed by atoms with Crippen LogP contribution in [-0.2, 0) is 0 Å². The van der Waals surface area contributed by atoms with Crippen molar-refractivity contribution < 1.29 is 22.6 Å². The van der Waals surface area contributed by atoms with Crippen molar-refractivity contribution in [2.24, 2.45) is 0 Å². The molecule has 1 aromatic rings. The van der Waals surface area contributed by atoms with Crippen LogP contribution in [0.4, 0.5) is 13.2 Å². The number of alkyl halides is 3. The van der Waals surface area contributed by atoms with E-state index < -0.39 is 18.6 Å². The predicted molar refractivity (Wildman–Crippen MR) is 76.3 cm³/mol. The fourth-order valence-electron chi connectivity index (χ4n) is 1.95. The summed E-state index contributed by atoms with van der Waals surface area (Å²) in [4.78, 5) is 0. The summed E-state index contributed by atoms with van der Waals surface area (Å²) in [5.74, 6) is 0.816. The van der Waals surface area contributed by atoms with Crippen molar-refractivity contribution >= 4 is 11.6 Å². The molecular weight excluding hydrogens is 307 g/mol. The van der Waals surface area contributed by atoms with Crippen molar-refractivity contribution in [2.45, 2.75) is 32.5 Å². The van der Waals surface area contributed by atoms with Gasteiger partial charge in [-0.3, -0.25) is 0 Å². The summed E-state index contributed by atoms with van der Waals surface area (Å²) in [5, 5.41) is 2.85. The summed E-state index contributed by atoms with van der Waals surface area (Å²) < 4.78 is 48.7. The molecule has 0 aliphatic rings. The maximum Gasteiger partial charge on any atom is 0.390 e. The average molecular weight is 326 g/mol. The van der Waals surface area contributed by atoms with Gasteiger partial charge in [-0.15, -0.1) is 0 Å². The highest BCUT2D eigenvalue weighted by Gasteiger charge is 2.33. The van der Waals surface area contributed by atoms with Gasteiger partial charge in [0.1, 0.15) is 0 Å². The number of rotatable bonds is 7. The molecule has 0 radical (unpaired) electrons. The van der Waals surface area contributed by atoms with E-state index in [2.05, 4.69) is 5.32 Å². The molecular formula is C14H19ClF3NO2. The van der Waals surface area contributed by atoms with Gasteiger partial charge >= 0.3 is 6.18 Å². The molecule has 3 nitrogen and oxygen atoms in total. The van der Waals surface area contributed by atoms with Crippen LogP contribution in [0, 0.1) is 0 Å². The highest BCUT2D eigenvalue weighted by molar-refractivity contribution is 6.31. The minimum absolute atomic E-state index is 0.213. The highest BCUT2D eigenvalue weighted by Crippen LogP contribution is 2.39. The summed E-state index contributed by atoms with van der Waals surface area (Å²) in [7, 11) is 1.46. The maximum atomic E-state index is 12.6. The third kappa shape index (κ3) is 5.28. The van der Waals surface area contributed by atoms with Gasteiger partial charge in [-0.2, -0.15) is 13.2 Å². The molecule has 0 aliphatic heterocycles. The molecule has 1 rings (SSSR count). The normalized spacial score (nSPS) is 13.1. The Kier molecular flexibility index (Phi) is 6.61. The Morgan fingerprint density at radius 3 is 2.10 bits per heavy atom. The topological polar surface area (TPSA) is 30.5 Å². The SMILES string of the molecule is CCOc1cc(Cl)c(C(CC(F)(F)F)NC)cc1OCC. The molecule has 0 saturated heterocycles. The summed E-state index contributed by atoms with van der Waals surface area (Å²) >= 11 is 6.10. The molecule has 0 spiro atoms. The maximum absolute atomic E-state index is 12.6. The third-order valence-corrected chi connectivity index (χ3v) is 3.15. The van der Waals surface area contributed by atoms with Gasteiger partial charge in [0.05, 0.1) is 19.6 Å². The molecule has 7 heteroatoms. The minimum Gasteiger partial charge on any atom is -0.490 e. The zero-order valence-electron chi connectivity index (χ0n) is 12.2. The van der Waals surface area contributed by atoms with Gasteiger partial charge < -0.3 is 14.8 Å². The van der Waals surface area contributed by atoms with Gasteiger partial charge in [0, 0.05) is 17.1 Å². The lowest BCUT2D eigenvalue weighted by Crippen LogP contribution is -2.24. The van der Waals surface area contributed by atoms with E-state index in [9.17, 15) is 13.2 Å². The van der Waals surface area contributed by atoms with Crippen LogP contribution in [0.2, 0.25) is 5.02 Å². The molecule has 0 aliphatic carbocycles. The average Bonchev–Trinajstić information content (AvgIpc) is 2.38. The Morgan fingerprint density at radius 1 is 1.14 bits per heavy atom. The summed E-state index contributed by atoms with van der Waals surface area (Å²) in [6, 6.07) is 2.06. The Bertz CT molecular complexity index is 466. The number of benzene rings is 1. The Labute approximate surface area is 127 Å². The second-order valence-corrected chi connectivity index (χ2v) is 4.75. The molecule has 120 valence electrons. The van der Waals surface area contributed by atoms with E-state index in [1.165, 1.54) is 19.2 Å². The van der Waals surface area contributed by atoms with Gasteiger partial charge in [0.2, 0.25) is 0 Å². The number of hydrogen-bond acceptors (Lipinski definition) is 3. The number of ether oxygens (including phenoxy) is 2. The summed E-state index contributed by atoms with van der Waals surface area (Å²) in [5.41, 5.74) is 0.336. The van der Waals surface area contributed by atoms with Crippen molar-refractivity contribution in [3.63, 3.8) is 0 Å². The van der Waals surface area contributed by atoms with Crippen LogP contribution in [0.1, 0.15) is 31.9 Å². The van der Waals surface area contributed by atoms with Gasteiger partial charge in [-0.25, -0.2) is 0 Å². The molecule has 0 saturated carbocycles. The zero-order chi connectivity index (χ0) is 16.0. The molecule has 21 heavy (non-hydrogen) atoms. The van der Waals surface area contributed by atoms with Crippen molar-refractivity contribution in [1.29, 1.82) is 0 Å².